The number of sulfonamides is 2. The summed E-state index contributed by atoms with van der Waals surface area (Å²) in [4.78, 5) is 14.6. The van der Waals surface area contributed by atoms with E-state index in [2.05, 4.69) is 9.71 Å². The average molecular weight is 448 g/mol. The molecular weight excluding hydrogens is 432 g/mol. The lowest BCUT2D eigenvalue weighted by Crippen LogP contribution is -2.16. The van der Waals surface area contributed by atoms with Crippen molar-refractivity contribution in [3.63, 3.8) is 0 Å². The number of nitrogens with one attached hydrogen (secondary N) is 1. The summed E-state index contributed by atoms with van der Waals surface area (Å²) in [6.07, 6.45) is 1.22. The van der Waals surface area contributed by atoms with Crippen LogP contribution >= 0.6 is 0 Å². The van der Waals surface area contributed by atoms with E-state index in [1.165, 1.54) is 48.7 Å². The summed E-state index contributed by atoms with van der Waals surface area (Å²) >= 11 is 0. The predicted octanol–water partition coefficient (Wildman–Crippen LogP) is 1.42. The Morgan fingerprint density at radius 2 is 1.63 bits per heavy atom. The van der Waals surface area contributed by atoms with Crippen molar-refractivity contribution in [1.29, 1.82) is 0 Å². The number of ether oxygens (including phenoxy) is 1. The van der Waals surface area contributed by atoms with Gasteiger partial charge in [0.15, 0.2) is 0 Å². The first kappa shape index (κ1) is 21.2. The number of pyridine rings is 1. The minimum absolute atomic E-state index is 0.120. The van der Waals surface area contributed by atoms with Crippen LogP contribution in [-0.2, 0) is 20.0 Å². The Balaban J connectivity index is 1.77. The zero-order valence-electron chi connectivity index (χ0n) is 15.2. The maximum atomic E-state index is 12.5. The number of anilines is 1. The minimum Gasteiger partial charge on any atom is -0.439 e. The number of hydrogen-bond donors (Lipinski definition) is 3. The van der Waals surface area contributed by atoms with Gasteiger partial charge in [-0.15, -0.1) is 0 Å². The monoisotopic (exact) mass is 448 g/mol. The molecule has 0 saturated heterocycles. The van der Waals surface area contributed by atoms with Gasteiger partial charge in [-0.2, -0.15) is 0 Å². The van der Waals surface area contributed by atoms with E-state index in [9.17, 15) is 21.6 Å². The van der Waals surface area contributed by atoms with Gasteiger partial charge in [-0.1, -0.05) is 12.1 Å². The highest BCUT2D eigenvalue weighted by atomic mass is 32.2. The number of carbonyl (C=O) groups is 1. The largest absolute Gasteiger partial charge is 0.439 e. The van der Waals surface area contributed by atoms with Gasteiger partial charge in [0, 0.05) is 11.6 Å². The maximum Gasteiger partial charge on any atom is 0.261 e. The summed E-state index contributed by atoms with van der Waals surface area (Å²) in [5.41, 5.74) is 5.60. The molecule has 5 N–H and O–H groups in total. The molecule has 2 aromatic carbocycles. The van der Waals surface area contributed by atoms with E-state index in [0.717, 1.165) is 6.07 Å². The fourth-order valence-corrected chi connectivity index (χ4v) is 4.09. The Bertz CT molecular complexity index is 1310. The molecule has 0 aliphatic rings. The summed E-state index contributed by atoms with van der Waals surface area (Å²) < 4.78 is 55.7. The van der Waals surface area contributed by atoms with Crippen molar-refractivity contribution >= 4 is 31.6 Å². The summed E-state index contributed by atoms with van der Waals surface area (Å²) in [5.74, 6) is -0.132. The van der Waals surface area contributed by atoms with Crippen LogP contribution in [0.4, 0.5) is 5.69 Å². The van der Waals surface area contributed by atoms with Gasteiger partial charge in [0.05, 0.1) is 21.7 Å². The SMILES string of the molecule is NC(=O)c1cccc(Oc2ccc(NS(=O)(=O)c3cccc(S(N)(=O)=O)c3)cn2)c1. The molecule has 0 atom stereocenters. The van der Waals surface area contributed by atoms with E-state index in [-0.39, 0.29) is 26.9 Å². The van der Waals surface area contributed by atoms with E-state index in [1.807, 2.05) is 0 Å². The molecule has 1 aromatic heterocycles. The van der Waals surface area contributed by atoms with Crippen LogP contribution in [0.25, 0.3) is 0 Å². The molecule has 156 valence electrons. The summed E-state index contributed by atoms with van der Waals surface area (Å²) in [6.45, 7) is 0. The van der Waals surface area contributed by atoms with Crippen LogP contribution < -0.4 is 20.3 Å². The van der Waals surface area contributed by atoms with Crippen molar-refractivity contribution < 1.29 is 26.4 Å². The molecule has 0 aliphatic heterocycles. The highest BCUT2D eigenvalue weighted by molar-refractivity contribution is 7.93. The van der Waals surface area contributed by atoms with Crippen molar-refractivity contribution in [2.24, 2.45) is 10.9 Å². The zero-order chi connectivity index (χ0) is 21.9. The first-order valence-electron chi connectivity index (χ1n) is 8.24. The van der Waals surface area contributed by atoms with E-state index in [0.29, 0.717) is 5.75 Å². The van der Waals surface area contributed by atoms with E-state index < -0.39 is 26.0 Å². The van der Waals surface area contributed by atoms with E-state index in [1.54, 1.807) is 12.1 Å². The van der Waals surface area contributed by atoms with Crippen molar-refractivity contribution in [1.82, 2.24) is 4.98 Å². The van der Waals surface area contributed by atoms with Gasteiger partial charge in [-0.25, -0.2) is 27.0 Å². The molecule has 0 unspecified atom stereocenters. The number of primary sulfonamides is 1. The zero-order valence-corrected chi connectivity index (χ0v) is 16.9. The molecule has 3 aromatic rings. The Kier molecular flexibility index (Phi) is 5.73. The van der Waals surface area contributed by atoms with Crippen LogP contribution in [0.5, 0.6) is 11.6 Å². The number of aromatic nitrogens is 1. The highest BCUT2D eigenvalue weighted by Gasteiger charge is 2.18. The molecule has 1 heterocycles. The minimum atomic E-state index is -4.09. The topological polar surface area (TPSA) is 172 Å². The van der Waals surface area contributed by atoms with Crippen molar-refractivity contribution in [2.45, 2.75) is 9.79 Å². The molecule has 0 saturated carbocycles. The number of carbonyl (C=O) groups excluding carboxylic acids is 1. The summed E-state index contributed by atoms with van der Waals surface area (Å²) in [5, 5.41) is 5.03. The standard InChI is InChI=1S/C18H16N4O6S2/c19-18(23)12-3-1-4-14(9-12)28-17-8-7-13(11-21-17)22-30(26,27)16-6-2-5-15(10-16)29(20,24)25/h1-11,22H,(H2,19,23)(H2,20,24,25). The second-order valence-electron chi connectivity index (χ2n) is 6.00. The third kappa shape index (κ3) is 5.11. The first-order valence-corrected chi connectivity index (χ1v) is 11.3. The van der Waals surface area contributed by atoms with Gasteiger partial charge >= 0.3 is 0 Å². The van der Waals surface area contributed by atoms with Gasteiger partial charge < -0.3 is 10.5 Å². The maximum absolute atomic E-state index is 12.5. The number of nitrogens with zero attached hydrogens (tertiary/aromatic N) is 1. The van der Waals surface area contributed by atoms with Gasteiger partial charge in [0.2, 0.25) is 21.8 Å². The molecule has 10 nitrogen and oxygen atoms in total. The second kappa shape index (κ2) is 8.10. The predicted molar refractivity (Wildman–Crippen MR) is 108 cm³/mol. The smallest absolute Gasteiger partial charge is 0.261 e. The van der Waals surface area contributed by atoms with Crippen LogP contribution in [0.3, 0.4) is 0 Å². The number of hydrogen-bond acceptors (Lipinski definition) is 7. The number of rotatable bonds is 7. The van der Waals surface area contributed by atoms with Crippen LogP contribution in [0.2, 0.25) is 0 Å². The van der Waals surface area contributed by atoms with Gasteiger partial charge in [0.1, 0.15) is 5.75 Å². The lowest BCUT2D eigenvalue weighted by molar-refractivity contribution is 0.1000. The number of benzene rings is 2. The summed E-state index contributed by atoms with van der Waals surface area (Å²) in [7, 11) is -8.14. The Labute approximate surface area is 172 Å². The molecular formula is C18H16N4O6S2. The molecule has 3 rings (SSSR count). The lowest BCUT2D eigenvalue weighted by atomic mass is 10.2. The molecule has 30 heavy (non-hydrogen) atoms. The molecule has 0 fully saturated rings. The molecule has 0 aliphatic carbocycles. The highest BCUT2D eigenvalue weighted by Crippen LogP contribution is 2.23. The van der Waals surface area contributed by atoms with Crippen molar-refractivity contribution in [3.8, 4) is 11.6 Å². The third-order valence-corrected chi connectivity index (χ3v) is 6.06. The fraction of sp³-hybridized carbons (Fsp3) is 0. The number of primary amides is 1. The van der Waals surface area contributed by atoms with Crippen LogP contribution in [0.1, 0.15) is 10.4 Å². The molecule has 0 radical (unpaired) electrons. The van der Waals surface area contributed by atoms with Crippen molar-refractivity contribution in [2.75, 3.05) is 4.72 Å². The third-order valence-electron chi connectivity index (χ3n) is 3.77. The normalized spacial score (nSPS) is 11.6. The van der Waals surface area contributed by atoms with Crippen LogP contribution in [-0.4, -0.2) is 27.7 Å². The number of nitrogens with two attached hydrogens (primary N) is 2. The van der Waals surface area contributed by atoms with Crippen LogP contribution in [0, 0.1) is 0 Å². The quantitative estimate of drug-likeness (QED) is 0.490. The Morgan fingerprint density at radius 1 is 0.933 bits per heavy atom. The average Bonchev–Trinajstić information content (AvgIpc) is 2.69. The molecule has 12 heteroatoms. The Morgan fingerprint density at radius 3 is 2.27 bits per heavy atom. The van der Waals surface area contributed by atoms with E-state index >= 15 is 0 Å². The second-order valence-corrected chi connectivity index (χ2v) is 9.25. The Hall–Kier alpha value is -3.48. The first-order chi connectivity index (χ1) is 14.0. The van der Waals surface area contributed by atoms with Crippen molar-refractivity contribution in [3.05, 3.63) is 72.4 Å². The molecule has 0 spiro atoms. The lowest BCUT2D eigenvalue weighted by Gasteiger charge is -2.10. The van der Waals surface area contributed by atoms with Gasteiger partial charge in [-0.05, 0) is 42.5 Å². The van der Waals surface area contributed by atoms with Gasteiger partial charge in [-0.3, -0.25) is 9.52 Å². The molecule has 1 amide bonds. The molecule has 0 bridgehead atoms. The van der Waals surface area contributed by atoms with Gasteiger partial charge in [0.25, 0.3) is 10.0 Å². The number of amides is 1. The van der Waals surface area contributed by atoms with E-state index in [4.69, 9.17) is 15.6 Å². The summed E-state index contributed by atoms with van der Waals surface area (Å²) in [6, 6.07) is 13.6. The fourth-order valence-electron chi connectivity index (χ4n) is 2.37. The van der Waals surface area contributed by atoms with Crippen LogP contribution in [0.15, 0.2) is 76.7 Å².